The highest BCUT2D eigenvalue weighted by Gasteiger charge is 2.25. The van der Waals surface area contributed by atoms with Gasteiger partial charge in [0.05, 0.1) is 18.4 Å². The normalized spacial score (nSPS) is 15.7. The van der Waals surface area contributed by atoms with Gasteiger partial charge in [0.2, 0.25) is 5.95 Å². The third kappa shape index (κ3) is 7.10. The van der Waals surface area contributed by atoms with Crippen LogP contribution in [0.25, 0.3) is 11.2 Å². The molecule has 208 valence electrons. The van der Waals surface area contributed by atoms with Gasteiger partial charge in [-0.2, -0.15) is 4.98 Å². The van der Waals surface area contributed by atoms with Gasteiger partial charge in [-0.05, 0) is 43.0 Å². The number of nitrogen functional groups attached to an aromatic ring is 1. The Kier molecular flexibility index (Phi) is 8.90. The van der Waals surface area contributed by atoms with E-state index in [4.69, 9.17) is 10.8 Å². The maximum Gasteiger partial charge on any atom is 0.326 e. The van der Waals surface area contributed by atoms with Crippen molar-refractivity contribution in [2.24, 2.45) is 0 Å². The van der Waals surface area contributed by atoms with E-state index in [1.807, 2.05) is 0 Å². The number of rotatable bonds is 10. The summed E-state index contributed by atoms with van der Waals surface area (Å²) in [6.45, 7) is 0.213. The quantitative estimate of drug-likeness (QED) is 0.202. The Balaban J connectivity index is 1.60. The van der Waals surface area contributed by atoms with Gasteiger partial charge in [0.1, 0.15) is 6.04 Å². The first-order valence-electron chi connectivity index (χ1n) is 12.8. The van der Waals surface area contributed by atoms with Crippen molar-refractivity contribution >= 4 is 40.6 Å². The lowest BCUT2D eigenvalue weighted by molar-refractivity contribution is -0.140. The zero-order valence-electron chi connectivity index (χ0n) is 21.6. The summed E-state index contributed by atoms with van der Waals surface area (Å²) in [6, 6.07) is 3.71. The highest BCUT2D eigenvalue weighted by Crippen LogP contribution is 2.29. The molecule has 1 aliphatic rings. The number of aliphatic carboxylic acids is 2. The van der Waals surface area contributed by atoms with Gasteiger partial charge in [0.25, 0.3) is 11.5 Å². The molecule has 0 spiro atoms. The number of nitrogens with zero attached hydrogens (tertiary/aromatic N) is 3. The molecule has 1 amide bonds. The lowest BCUT2D eigenvalue weighted by atomic mass is 9.88. The lowest BCUT2D eigenvalue weighted by Gasteiger charge is -2.20. The van der Waals surface area contributed by atoms with Crippen molar-refractivity contribution < 1.29 is 24.6 Å². The number of carboxylic acid groups (broad SMARTS) is 2. The molecule has 2 atom stereocenters. The van der Waals surface area contributed by atoms with Crippen molar-refractivity contribution in [3.8, 4) is 11.8 Å². The van der Waals surface area contributed by atoms with Crippen LogP contribution in [0.5, 0.6) is 0 Å². The summed E-state index contributed by atoms with van der Waals surface area (Å²) >= 11 is 0. The number of hydrogen-bond acceptors (Lipinski definition) is 9. The number of carbonyl (C=O) groups excluding carboxylic acids is 1. The van der Waals surface area contributed by atoms with Gasteiger partial charge in [-0.3, -0.25) is 19.4 Å². The van der Waals surface area contributed by atoms with Crippen molar-refractivity contribution in [3.05, 3.63) is 51.6 Å². The van der Waals surface area contributed by atoms with Crippen molar-refractivity contribution in [1.29, 1.82) is 0 Å². The van der Waals surface area contributed by atoms with Crippen molar-refractivity contribution in [3.63, 3.8) is 0 Å². The molecule has 2 aromatic heterocycles. The molecule has 13 nitrogen and oxygen atoms in total. The molecule has 2 heterocycles. The standard InChI is InChI=1S/C27H29N7O6/c28-27-33-23-22(25(38)34-27)31-17(14-30-23)13-29-16-8-9-18(19(12-16)15-6-4-2-1-3-5-7-15)24(37)32-20(26(39)40)10-11-21(35)36/h8-9,12,14-15,20,29H,1-4,6,10-11,13H2,(H,32,37)(H,35,36)(H,39,40)(H3,28,30,33,34,38). The minimum Gasteiger partial charge on any atom is -0.481 e. The topological polar surface area (TPSA) is 213 Å². The van der Waals surface area contributed by atoms with Crippen LogP contribution in [0.3, 0.4) is 0 Å². The van der Waals surface area contributed by atoms with E-state index in [1.165, 1.54) is 6.20 Å². The first-order valence-corrected chi connectivity index (χ1v) is 12.8. The number of amides is 1. The second kappa shape index (κ2) is 12.7. The predicted molar refractivity (Wildman–Crippen MR) is 145 cm³/mol. The second-order valence-corrected chi connectivity index (χ2v) is 9.41. The van der Waals surface area contributed by atoms with Crippen molar-refractivity contribution in [2.75, 3.05) is 11.1 Å². The second-order valence-electron chi connectivity index (χ2n) is 9.41. The zero-order chi connectivity index (χ0) is 28.6. The van der Waals surface area contributed by atoms with Crippen LogP contribution in [0.2, 0.25) is 0 Å². The molecule has 40 heavy (non-hydrogen) atoms. The van der Waals surface area contributed by atoms with E-state index in [9.17, 15) is 24.3 Å². The fraction of sp³-hybridized carbons (Fsp3) is 0.370. The van der Waals surface area contributed by atoms with Gasteiger partial charge in [-0.15, -0.1) is 5.92 Å². The smallest absolute Gasteiger partial charge is 0.326 e. The Morgan fingerprint density at radius 2 is 2.00 bits per heavy atom. The number of hydrogen-bond donors (Lipinski definition) is 6. The molecular formula is C27H29N7O6. The lowest BCUT2D eigenvalue weighted by Crippen LogP contribution is -2.41. The van der Waals surface area contributed by atoms with E-state index >= 15 is 0 Å². The third-order valence-electron chi connectivity index (χ3n) is 6.45. The third-order valence-corrected chi connectivity index (χ3v) is 6.45. The molecule has 0 saturated carbocycles. The molecule has 3 aromatic rings. The fourth-order valence-corrected chi connectivity index (χ4v) is 4.42. The summed E-state index contributed by atoms with van der Waals surface area (Å²) in [5, 5.41) is 24.1. The van der Waals surface area contributed by atoms with Gasteiger partial charge >= 0.3 is 11.9 Å². The Morgan fingerprint density at radius 3 is 2.77 bits per heavy atom. The van der Waals surface area contributed by atoms with Crippen LogP contribution in [0.15, 0.2) is 29.2 Å². The monoisotopic (exact) mass is 547 g/mol. The average molecular weight is 548 g/mol. The number of nitrogens with two attached hydrogens (primary N) is 1. The number of benzene rings is 1. The zero-order valence-corrected chi connectivity index (χ0v) is 21.6. The molecule has 13 heteroatoms. The van der Waals surface area contributed by atoms with Crippen LogP contribution in [-0.4, -0.2) is 54.0 Å². The summed E-state index contributed by atoms with van der Waals surface area (Å²) in [6.07, 6.45) is 5.28. The minimum atomic E-state index is -1.35. The number of anilines is 2. The molecule has 0 bridgehead atoms. The van der Waals surface area contributed by atoms with E-state index in [1.54, 1.807) is 18.2 Å². The number of aromatic amines is 1. The molecule has 1 aliphatic carbocycles. The molecule has 4 rings (SSSR count). The van der Waals surface area contributed by atoms with Gasteiger partial charge in [-0.25, -0.2) is 14.8 Å². The van der Waals surface area contributed by atoms with E-state index in [0.717, 1.165) is 32.1 Å². The Hall–Kier alpha value is -4.99. The first kappa shape index (κ1) is 28.0. The highest BCUT2D eigenvalue weighted by atomic mass is 16.4. The van der Waals surface area contributed by atoms with Crippen LogP contribution >= 0.6 is 0 Å². The van der Waals surface area contributed by atoms with Crippen LogP contribution in [0.1, 0.15) is 72.5 Å². The number of aromatic nitrogens is 4. The van der Waals surface area contributed by atoms with Gasteiger partial charge in [0.15, 0.2) is 11.2 Å². The Labute approximate surface area is 228 Å². The largest absolute Gasteiger partial charge is 0.481 e. The Morgan fingerprint density at radius 1 is 1.18 bits per heavy atom. The molecule has 0 radical (unpaired) electrons. The molecule has 7 N–H and O–H groups in total. The molecule has 1 aromatic carbocycles. The van der Waals surface area contributed by atoms with Gasteiger partial charge < -0.3 is 26.6 Å². The van der Waals surface area contributed by atoms with E-state index in [-0.39, 0.29) is 41.6 Å². The van der Waals surface area contributed by atoms with Gasteiger partial charge in [0, 0.05) is 30.0 Å². The van der Waals surface area contributed by atoms with E-state index in [2.05, 4.69) is 42.4 Å². The number of carboxylic acids is 2. The Bertz CT molecular complexity index is 1560. The van der Waals surface area contributed by atoms with Crippen molar-refractivity contribution in [2.45, 2.75) is 63.5 Å². The summed E-state index contributed by atoms with van der Waals surface area (Å²) in [7, 11) is 0. The van der Waals surface area contributed by atoms with Crippen LogP contribution in [0, 0.1) is 11.8 Å². The number of nitrogens with one attached hydrogen (secondary N) is 3. The fourth-order valence-electron chi connectivity index (χ4n) is 4.42. The molecular weight excluding hydrogens is 518 g/mol. The summed E-state index contributed by atoms with van der Waals surface area (Å²) in [5.41, 5.74) is 7.28. The van der Waals surface area contributed by atoms with Crippen LogP contribution < -0.4 is 21.9 Å². The van der Waals surface area contributed by atoms with Crippen LogP contribution in [0.4, 0.5) is 11.6 Å². The minimum absolute atomic E-state index is 0.0526. The van der Waals surface area contributed by atoms with E-state index < -0.39 is 35.9 Å². The number of H-pyrrole nitrogens is 1. The molecule has 0 fully saturated rings. The SMILES string of the molecule is Nc1nc2ncc(CNc3ccc(C(=O)NC(CCC(=O)O)C(=O)O)c(C4C#CCCCCC4)c3)nc2c(=O)[nH]1. The maximum atomic E-state index is 13.2. The number of carbonyl (C=O) groups is 3. The van der Waals surface area contributed by atoms with E-state index in [0.29, 0.717) is 16.9 Å². The average Bonchev–Trinajstić information content (AvgIpc) is 2.89. The van der Waals surface area contributed by atoms with Gasteiger partial charge in [-0.1, -0.05) is 18.8 Å². The summed E-state index contributed by atoms with van der Waals surface area (Å²) < 4.78 is 0. The molecule has 2 unspecified atom stereocenters. The predicted octanol–water partition coefficient (Wildman–Crippen LogP) is 2.01. The highest BCUT2D eigenvalue weighted by molar-refractivity contribution is 5.98. The summed E-state index contributed by atoms with van der Waals surface area (Å²) in [4.78, 5) is 62.8. The molecule has 0 aliphatic heterocycles. The number of fused-ring (bicyclic) bond motifs is 1. The van der Waals surface area contributed by atoms with Crippen molar-refractivity contribution in [1.82, 2.24) is 25.3 Å². The van der Waals surface area contributed by atoms with Crippen LogP contribution in [-0.2, 0) is 16.1 Å². The summed E-state index contributed by atoms with van der Waals surface area (Å²) in [5.74, 6) is 3.04. The molecule has 0 saturated heterocycles. The first-order chi connectivity index (χ1) is 19.2. The maximum absolute atomic E-state index is 13.2.